The lowest BCUT2D eigenvalue weighted by atomic mass is 10.1. The van der Waals surface area contributed by atoms with Crippen LogP contribution in [0.3, 0.4) is 0 Å². The SMILES string of the molecule is O=S(=O)(CCCc1ccccc1)Cc1cc(Cl)c2c(c1)OCCCO2. The van der Waals surface area contributed by atoms with E-state index in [2.05, 4.69) is 0 Å². The number of hydrogen-bond donors (Lipinski definition) is 0. The van der Waals surface area contributed by atoms with Gasteiger partial charge in [-0.15, -0.1) is 0 Å². The predicted molar refractivity (Wildman–Crippen MR) is 99.3 cm³/mol. The lowest BCUT2D eigenvalue weighted by molar-refractivity contribution is 0.297. The minimum Gasteiger partial charge on any atom is -0.489 e. The van der Waals surface area contributed by atoms with Gasteiger partial charge in [-0.05, 0) is 36.1 Å². The van der Waals surface area contributed by atoms with Crippen molar-refractivity contribution in [3.05, 3.63) is 58.6 Å². The highest BCUT2D eigenvalue weighted by Crippen LogP contribution is 2.38. The van der Waals surface area contributed by atoms with Crippen LogP contribution in [0.15, 0.2) is 42.5 Å². The van der Waals surface area contributed by atoms with E-state index in [1.165, 1.54) is 0 Å². The lowest BCUT2D eigenvalue weighted by Gasteiger charge is -2.12. The number of hydrogen-bond acceptors (Lipinski definition) is 4. The van der Waals surface area contributed by atoms with Crippen molar-refractivity contribution < 1.29 is 17.9 Å². The second kappa shape index (κ2) is 8.11. The zero-order valence-corrected chi connectivity index (χ0v) is 15.5. The van der Waals surface area contributed by atoms with Crippen LogP contribution in [0.5, 0.6) is 11.5 Å². The highest BCUT2D eigenvalue weighted by atomic mass is 35.5. The zero-order chi connectivity index (χ0) is 17.7. The smallest absolute Gasteiger partial charge is 0.179 e. The molecule has 1 aliphatic rings. The molecule has 2 aromatic carbocycles. The van der Waals surface area contributed by atoms with E-state index >= 15 is 0 Å². The molecular formula is C19H21ClO4S. The molecule has 25 heavy (non-hydrogen) atoms. The first kappa shape index (κ1) is 18.1. The van der Waals surface area contributed by atoms with Crippen molar-refractivity contribution in [1.82, 2.24) is 0 Å². The van der Waals surface area contributed by atoms with Gasteiger partial charge in [-0.2, -0.15) is 0 Å². The van der Waals surface area contributed by atoms with Crippen LogP contribution in [-0.4, -0.2) is 27.4 Å². The molecule has 3 rings (SSSR count). The molecule has 0 amide bonds. The molecule has 0 bridgehead atoms. The van der Waals surface area contributed by atoms with E-state index in [1.807, 2.05) is 30.3 Å². The van der Waals surface area contributed by atoms with Crippen LogP contribution in [0.25, 0.3) is 0 Å². The average Bonchev–Trinajstić information content (AvgIpc) is 2.81. The summed E-state index contributed by atoms with van der Waals surface area (Å²) in [5.41, 5.74) is 1.78. The number of rotatable bonds is 6. The molecule has 2 aromatic rings. The lowest BCUT2D eigenvalue weighted by Crippen LogP contribution is -2.10. The first-order chi connectivity index (χ1) is 12.0. The molecule has 6 heteroatoms. The van der Waals surface area contributed by atoms with Gasteiger partial charge in [0.15, 0.2) is 21.3 Å². The standard InChI is InChI=1S/C19H21ClO4S/c20-17-12-16(13-18-19(17)24-10-5-9-23-18)14-25(21,22)11-4-8-15-6-2-1-3-7-15/h1-3,6-7,12-13H,4-5,8-11,14H2. The molecule has 0 aliphatic carbocycles. The number of benzene rings is 2. The molecular weight excluding hydrogens is 360 g/mol. The predicted octanol–water partition coefficient (Wildman–Crippen LogP) is 4.05. The van der Waals surface area contributed by atoms with Gasteiger partial charge >= 0.3 is 0 Å². The van der Waals surface area contributed by atoms with Gasteiger partial charge in [0.05, 0.1) is 29.7 Å². The van der Waals surface area contributed by atoms with Crippen LogP contribution in [0, 0.1) is 0 Å². The third-order valence-corrected chi connectivity index (χ3v) is 5.98. The Kier molecular flexibility index (Phi) is 5.86. The van der Waals surface area contributed by atoms with Crippen molar-refractivity contribution >= 4 is 21.4 Å². The summed E-state index contributed by atoms with van der Waals surface area (Å²) in [5, 5.41) is 0.397. The maximum absolute atomic E-state index is 12.4. The molecule has 0 saturated heterocycles. The number of sulfone groups is 1. The third-order valence-electron chi connectivity index (χ3n) is 4.01. The van der Waals surface area contributed by atoms with Crippen LogP contribution < -0.4 is 9.47 Å². The Labute approximate surface area is 153 Å². The fraction of sp³-hybridized carbons (Fsp3) is 0.368. The van der Waals surface area contributed by atoms with Gasteiger partial charge in [-0.25, -0.2) is 8.42 Å². The van der Waals surface area contributed by atoms with E-state index in [-0.39, 0.29) is 11.5 Å². The Morgan fingerprint density at radius 2 is 1.76 bits per heavy atom. The average molecular weight is 381 g/mol. The van der Waals surface area contributed by atoms with Crippen LogP contribution in [0.2, 0.25) is 5.02 Å². The Bertz CT molecular complexity index is 819. The summed E-state index contributed by atoms with van der Waals surface area (Å²) < 4.78 is 36.0. The molecule has 1 aliphatic heterocycles. The monoisotopic (exact) mass is 380 g/mol. The quantitative estimate of drug-likeness (QED) is 0.758. The third kappa shape index (κ3) is 5.13. The van der Waals surface area contributed by atoms with E-state index in [4.69, 9.17) is 21.1 Å². The molecule has 0 fully saturated rings. The van der Waals surface area contributed by atoms with Crippen LogP contribution in [0.4, 0.5) is 0 Å². The number of aryl methyl sites for hydroxylation is 1. The first-order valence-electron chi connectivity index (χ1n) is 8.36. The van der Waals surface area contributed by atoms with E-state index in [0.29, 0.717) is 41.7 Å². The second-order valence-electron chi connectivity index (χ2n) is 6.14. The fourth-order valence-corrected chi connectivity index (χ4v) is 4.53. The normalized spacial score (nSPS) is 14.1. The Morgan fingerprint density at radius 3 is 2.56 bits per heavy atom. The summed E-state index contributed by atoms with van der Waals surface area (Å²) in [7, 11) is -3.21. The maximum atomic E-state index is 12.4. The van der Waals surface area contributed by atoms with Gasteiger partial charge in [-0.1, -0.05) is 41.9 Å². The molecule has 0 saturated carbocycles. The summed E-state index contributed by atoms with van der Waals surface area (Å²) in [4.78, 5) is 0. The second-order valence-corrected chi connectivity index (χ2v) is 8.73. The number of halogens is 1. The van der Waals surface area contributed by atoms with Crippen LogP contribution in [0.1, 0.15) is 24.0 Å². The largest absolute Gasteiger partial charge is 0.489 e. The first-order valence-corrected chi connectivity index (χ1v) is 10.6. The minimum absolute atomic E-state index is 0.0435. The number of ether oxygens (including phenoxy) is 2. The maximum Gasteiger partial charge on any atom is 0.179 e. The summed E-state index contributed by atoms with van der Waals surface area (Å²) in [6, 6.07) is 13.3. The van der Waals surface area contributed by atoms with Crippen molar-refractivity contribution in [2.24, 2.45) is 0 Å². The molecule has 1 heterocycles. The minimum atomic E-state index is -3.21. The molecule has 0 N–H and O–H groups in total. The molecule has 0 aromatic heterocycles. The van der Waals surface area contributed by atoms with Crippen molar-refractivity contribution in [2.45, 2.75) is 25.0 Å². The molecule has 134 valence electrons. The van der Waals surface area contributed by atoms with Crippen molar-refractivity contribution in [3.8, 4) is 11.5 Å². The van der Waals surface area contributed by atoms with Gasteiger partial charge < -0.3 is 9.47 Å². The van der Waals surface area contributed by atoms with Gasteiger partial charge in [0.2, 0.25) is 0 Å². The zero-order valence-electron chi connectivity index (χ0n) is 13.9. The van der Waals surface area contributed by atoms with E-state index in [0.717, 1.165) is 18.4 Å². The Hall–Kier alpha value is -1.72. The van der Waals surface area contributed by atoms with Gasteiger partial charge in [0.1, 0.15) is 0 Å². The molecule has 0 atom stereocenters. The summed E-state index contributed by atoms with van der Waals surface area (Å²) in [5.74, 6) is 1.13. The van der Waals surface area contributed by atoms with Gasteiger partial charge in [0.25, 0.3) is 0 Å². The molecule has 0 radical (unpaired) electrons. The Balaban J connectivity index is 1.64. The van der Waals surface area contributed by atoms with Crippen molar-refractivity contribution in [1.29, 1.82) is 0 Å². The highest BCUT2D eigenvalue weighted by Gasteiger charge is 2.19. The number of fused-ring (bicyclic) bond motifs is 1. The van der Waals surface area contributed by atoms with Gasteiger partial charge in [-0.3, -0.25) is 0 Å². The van der Waals surface area contributed by atoms with Crippen molar-refractivity contribution in [2.75, 3.05) is 19.0 Å². The van der Waals surface area contributed by atoms with Crippen LogP contribution >= 0.6 is 11.6 Å². The van der Waals surface area contributed by atoms with E-state index in [9.17, 15) is 8.42 Å². The Morgan fingerprint density at radius 1 is 1.00 bits per heavy atom. The van der Waals surface area contributed by atoms with Crippen LogP contribution in [-0.2, 0) is 22.0 Å². The van der Waals surface area contributed by atoms with E-state index in [1.54, 1.807) is 12.1 Å². The fourth-order valence-electron chi connectivity index (χ4n) is 2.83. The van der Waals surface area contributed by atoms with Crippen molar-refractivity contribution in [3.63, 3.8) is 0 Å². The summed E-state index contributed by atoms with van der Waals surface area (Å²) >= 11 is 6.23. The highest BCUT2D eigenvalue weighted by molar-refractivity contribution is 7.90. The molecule has 0 unspecified atom stereocenters. The summed E-state index contributed by atoms with van der Waals surface area (Å²) in [6.45, 7) is 1.08. The molecule has 0 spiro atoms. The molecule has 4 nitrogen and oxygen atoms in total. The van der Waals surface area contributed by atoms with Gasteiger partial charge in [0, 0.05) is 6.42 Å². The topological polar surface area (TPSA) is 52.6 Å². The van der Waals surface area contributed by atoms with E-state index < -0.39 is 9.84 Å². The summed E-state index contributed by atoms with van der Waals surface area (Å²) in [6.07, 6.45) is 2.13.